The highest BCUT2D eigenvalue weighted by Crippen LogP contribution is 2.36. The lowest BCUT2D eigenvalue weighted by atomic mass is 10.1. The molecule has 2 aliphatic heterocycles. The number of allylic oxidation sites excluding steroid dienone is 1. The summed E-state index contributed by atoms with van der Waals surface area (Å²) >= 11 is 0. The first-order valence-electron chi connectivity index (χ1n) is 6.39. The fraction of sp³-hybridized carbons (Fsp3) is 0.467. The van der Waals surface area contributed by atoms with E-state index in [1.165, 1.54) is 5.56 Å². The van der Waals surface area contributed by atoms with Crippen molar-refractivity contribution < 1.29 is 14.2 Å². The minimum Gasteiger partial charge on any atom is -0.466 e. The minimum atomic E-state index is -0.531. The number of hydrogen-bond acceptors (Lipinski definition) is 3. The average molecular weight is 246 g/mol. The molecule has 0 spiro atoms. The lowest BCUT2D eigenvalue weighted by molar-refractivity contribution is -0.181. The third kappa shape index (κ3) is 2.42. The van der Waals surface area contributed by atoms with Crippen LogP contribution >= 0.6 is 0 Å². The zero-order chi connectivity index (χ0) is 12.6. The minimum absolute atomic E-state index is 0.0502. The zero-order valence-corrected chi connectivity index (χ0v) is 10.8. The van der Waals surface area contributed by atoms with Gasteiger partial charge in [0.15, 0.2) is 5.79 Å². The smallest absolute Gasteiger partial charge is 0.232 e. The van der Waals surface area contributed by atoms with Gasteiger partial charge in [-0.25, -0.2) is 0 Å². The van der Waals surface area contributed by atoms with Crippen LogP contribution in [0.4, 0.5) is 0 Å². The fourth-order valence-corrected chi connectivity index (χ4v) is 2.39. The van der Waals surface area contributed by atoms with Crippen molar-refractivity contribution in [2.45, 2.75) is 44.9 Å². The van der Waals surface area contributed by atoms with E-state index in [0.29, 0.717) is 0 Å². The number of fused-ring (bicyclic) bond motifs is 1. The first-order chi connectivity index (χ1) is 8.62. The van der Waals surface area contributed by atoms with Gasteiger partial charge in [0.2, 0.25) is 6.29 Å². The van der Waals surface area contributed by atoms with E-state index in [1.54, 1.807) is 0 Å². The second-order valence-corrected chi connectivity index (χ2v) is 5.20. The number of aryl methyl sites for hydroxylation is 1. The van der Waals surface area contributed by atoms with Crippen LogP contribution in [0.25, 0.3) is 0 Å². The second-order valence-electron chi connectivity index (χ2n) is 5.20. The zero-order valence-electron chi connectivity index (χ0n) is 10.8. The molecular formula is C15H18O3. The van der Waals surface area contributed by atoms with E-state index < -0.39 is 5.79 Å². The highest BCUT2D eigenvalue weighted by Gasteiger charge is 2.45. The maximum atomic E-state index is 5.76. The monoisotopic (exact) mass is 246 g/mol. The Morgan fingerprint density at radius 1 is 1.06 bits per heavy atom. The predicted molar refractivity (Wildman–Crippen MR) is 67.8 cm³/mol. The molecule has 1 fully saturated rings. The summed E-state index contributed by atoms with van der Waals surface area (Å²) in [6.45, 7) is 3.82. The molecule has 1 aromatic carbocycles. The first kappa shape index (κ1) is 11.8. The van der Waals surface area contributed by atoms with Gasteiger partial charge in [-0.3, -0.25) is 0 Å². The molecule has 2 atom stereocenters. The van der Waals surface area contributed by atoms with Gasteiger partial charge in [-0.05, 0) is 31.9 Å². The molecule has 1 saturated heterocycles. The molecule has 2 heterocycles. The third-order valence-electron chi connectivity index (χ3n) is 3.21. The van der Waals surface area contributed by atoms with E-state index in [2.05, 4.69) is 24.3 Å². The van der Waals surface area contributed by atoms with Gasteiger partial charge < -0.3 is 14.2 Å². The van der Waals surface area contributed by atoms with Crippen LogP contribution in [0.15, 0.2) is 42.2 Å². The Morgan fingerprint density at radius 2 is 1.83 bits per heavy atom. The number of hydrogen-bond donors (Lipinski definition) is 0. The average Bonchev–Trinajstić information content (AvgIpc) is 2.81. The largest absolute Gasteiger partial charge is 0.466 e. The molecule has 3 rings (SSSR count). The number of benzene rings is 1. The van der Waals surface area contributed by atoms with E-state index in [1.807, 2.05) is 26.0 Å². The highest BCUT2D eigenvalue weighted by molar-refractivity contribution is 5.17. The van der Waals surface area contributed by atoms with Crippen molar-refractivity contribution in [3.05, 3.63) is 47.7 Å². The Hall–Kier alpha value is -1.32. The van der Waals surface area contributed by atoms with E-state index in [-0.39, 0.29) is 12.4 Å². The molecule has 0 amide bonds. The Labute approximate surface area is 107 Å². The van der Waals surface area contributed by atoms with Crippen molar-refractivity contribution in [3.8, 4) is 0 Å². The van der Waals surface area contributed by atoms with Crippen LogP contribution in [0.3, 0.4) is 0 Å². The van der Waals surface area contributed by atoms with Crippen molar-refractivity contribution in [2.75, 3.05) is 0 Å². The van der Waals surface area contributed by atoms with Gasteiger partial charge in [0.25, 0.3) is 0 Å². The molecule has 0 bridgehead atoms. The summed E-state index contributed by atoms with van der Waals surface area (Å²) in [5, 5.41) is 0. The lowest BCUT2D eigenvalue weighted by Crippen LogP contribution is -2.22. The third-order valence-corrected chi connectivity index (χ3v) is 3.21. The second kappa shape index (κ2) is 4.41. The first-order valence-corrected chi connectivity index (χ1v) is 6.39. The molecule has 0 radical (unpaired) electrons. The Morgan fingerprint density at radius 3 is 2.56 bits per heavy atom. The van der Waals surface area contributed by atoms with Crippen LogP contribution in [-0.4, -0.2) is 18.2 Å². The molecule has 0 saturated carbocycles. The standard InChI is InChI=1S/C15H18O3/c1-15(2)17-13-10-12(16-14(13)18-15)9-8-11-6-4-3-5-7-11/h3-7,10,13-14H,8-9H2,1-2H3/t13-,14-/m1/s1. The summed E-state index contributed by atoms with van der Waals surface area (Å²) in [7, 11) is 0. The summed E-state index contributed by atoms with van der Waals surface area (Å²) in [6, 6.07) is 10.4. The van der Waals surface area contributed by atoms with Gasteiger partial charge in [-0.1, -0.05) is 30.3 Å². The van der Waals surface area contributed by atoms with Gasteiger partial charge in [-0.2, -0.15) is 0 Å². The van der Waals surface area contributed by atoms with E-state index in [0.717, 1.165) is 18.6 Å². The highest BCUT2D eigenvalue weighted by atomic mass is 16.8. The van der Waals surface area contributed by atoms with Crippen LogP contribution in [0, 0.1) is 0 Å². The lowest BCUT2D eigenvalue weighted by Gasteiger charge is -2.18. The number of rotatable bonds is 3. The normalized spacial score (nSPS) is 28.7. The Balaban J connectivity index is 1.57. The van der Waals surface area contributed by atoms with E-state index in [9.17, 15) is 0 Å². The summed E-state index contributed by atoms with van der Waals surface area (Å²) in [5.41, 5.74) is 1.32. The molecule has 0 aliphatic carbocycles. The molecule has 2 aliphatic rings. The fourth-order valence-electron chi connectivity index (χ4n) is 2.39. The Bertz CT molecular complexity index is 450. The van der Waals surface area contributed by atoms with Gasteiger partial charge in [0.1, 0.15) is 6.10 Å². The molecule has 0 N–H and O–H groups in total. The van der Waals surface area contributed by atoms with Gasteiger partial charge in [0.05, 0.1) is 5.76 Å². The topological polar surface area (TPSA) is 27.7 Å². The molecule has 96 valence electrons. The van der Waals surface area contributed by atoms with E-state index >= 15 is 0 Å². The quantitative estimate of drug-likeness (QED) is 0.820. The molecule has 3 nitrogen and oxygen atoms in total. The molecule has 18 heavy (non-hydrogen) atoms. The van der Waals surface area contributed by atoms with Crippen molar-refractivity contribution in [2.24, 2.45) is 0 Å². The predicted octanol–water partition coefficient (Wildman–Crippen LogP) is 3.01. The summed E-state index contributed by atoms with van der Waals surface area (Å²) < 4.78 is 17.1. The molecule has 0 unspecified atom stereocenters. The maximum absolute atomic E-state index is 5.76. The van der Waals surface area contributed by atoms with Crippen molar-refractivity contribution in [1.82, 2.24) is 0 Å². The van der Waals surface area contributed by atoms with Gasteiger partial charge in [0, 0.05) is 6.42 Å². The van der Waals surface area contributed by atoms with Crippen molar-refractivity contribution in [3.63, 3.8) is 0 Å². The maximum Gasteiger partial charge on any atom is 0.232 e. The summed E-state index contributed by atoms with van der Waals surface area (Å²) in [4.78, 5) is 0. The van der Waals surface area contributed by atoms with Crippen molar-refractivity contribution in [1.29, 1.82) is 0 Å². The van der Waals surface area contributed by atoms with Gasteiger partial charge in [-0.15, -0.1) is 0 Å². The van der Waals surface area contributed by atoms with Crippen LogP contribution in [-0.2, 0) is 20.6 Å². The van der Waals surface area contributed by atoms with Crippen molar-refractivity contribution >= 4 is 0 Å². The molecule has 0 aromatic heterocycles. The molecular weight excluding hydrogens is 228 g/mol. The van der Waals surface area contributed by atoms with Crippen LogP contribution in [0.5, 0.6) is 0 Å². The summed E-state index contributed by atoms with van der Waals surface area (Å²) in [6.07, 6.45) is 3.61. The van der Waals surface area contributed by atoms with E-state index in [4.69, 9.17) is 14.2 Å². The number of ether oxygens (including phenoxy) is 3. The Kier molecular flexibility index (Phi) is 2.88. The molecule has 1 aromatic rings. The molecule has 3 heteroatoms. The SMILES string of the molecule is CC1(C)O[C@H]2OC(CCc3ccccc3)=C[C@H]2O1. The summed E-state index contributed by atoms with van der Waals surface area (Å²) in [5.74, 6) is 0.445. The van der Waals surface area contributed by atoms with Crippen LogP contribution in [0.1, 0.15) is 25.8 Å². The van der Waals surface area contributed by atoms with Gasteiger partial charge >= 0.3 is 0 Å². The van der Waals surface area contributed by atoms with Crippen LogP contribution in [0.2, 0.25) is 0 Å². The van der Waals surface area contributed by atoms with Crippen LogP contribution < -0.4 is 0 Å².